The first-order valence-corrected chi connectivity index (χ1v) is 10.4. The summed E-state index contributed by atoms with van der Waals surface area (Å²) >= 11 is 3.50. The topological polar surface area (TPSA) is 59.6 Å². The number of hydrogen-bond donors (Lipinski definition) is 2. The van der Waals surface area contributed by atoms with Crippen molar-refractivity contribution in [1.29, 1.82) is 0 Å². The Kier molecular flexibility index (Phi) is 7.88. The maximum atomic E-state index is 12.2. The van der Waals surface area contributed by atoms with E-state index in [0.717, 1.165) is 32.6 Å². The Morgan fingerprint density at radius 2 is 1.67 bits per heavy atom. The second-order valence-corrected chi connectivity index (χ2v) is 7.79. The maximum Gasteiger partial charge on any atom is 0.262 e. The molecule has 3 aromatic rings. The lowest BCUT2D eigenvalue weighted by molar-refractivity contribution is -0.118. The van der Waals surface area contributed by atoms with Crippen LogP contribution in [0.1, 0.15) is 16.7 Å². The number of carbonyl (C=O) groups excluding carboxylic acids is 1. The van der Waals surface area contributed by atoms with Crippen LogP contribution in [0.3, 0.4) is 0 Å². The smallest absolute Gasteiger partial charge is 0.262 e. The van der Waals surface area contributed by atoms with Crippen molar-refractivity contribution in [2.45, 2.75) is 20.0 Å². The second-order valence-electron chi connectivity index (χ2n) is 6.87. The van der Waals surface area contributed by atoms with Gasteiger partial charge in [0.2, 0.25) is 0 Å². The number of rotatable bonds is 9. The molecular weight excluding hydrogens is 444 g/mol. The van der Waals surface area contributed by atoms with E-state index in [4.69, 9.17) is 9.47 Å². The van der Waals surface area contributed by atoms with Crippen LogP contribution in [0.15, 0.2) is 71.2 Å². The fourth-order valence-electron chi connectivity index (χ4n) is 2.99. The lowest BCUT2D eigenvalue weighted by Crippen LogP contribution is -2.21. The van der Waals surface area contributed by atoms with Gasteiger partial charge in [-0.05, 0) is 43.3 Å². The van der Waals surface area contributed by atoms with Crippen LogP contribution < -0.4 is 20.1 Å². The van der Waals surface area contributed by atoms with Crippen molar-refractivity contribution < 1.29 is 14.3 Å². The first-order chi connectivity index (χ1) is 14.5. The molecule has 0 heterocycles. The van der Waals surface area contributed by atoms with Crippen LogP contribution in [0, 0.1) is 6.92 Å². The van der Waals surface area contributed by atoms with Crippen molar-refractivity contribution in [1.82, 2.24) is 5.32 Å². The zero-order chi connectivity index (χ0) is 21.3. The number of ether oxygens (including phenoxy) is 2. The quantitative estimate of drug-likeness (QED) is 0.459. The van der Waals surface area contributed by atoms with E-state index in [2.05, 4.69) is 26.6 Å². The highest BCUT2D eigenvalue weighted by atomic mass is 79.9. The minimum absolute atomic E-state index is 0.0605. The summed E-state index contributed by atoms with van der Waals surface area (Å²) < 4.78 is 12.1. The molecule has 0 bridgehead atoms. The number of benzene rings is 3. The van der Waals surface area contributed by atoms with Gasteiger partial charge in [0, 0.05) is 34.4 Å². The molecule has 0 aliphatic heterocycles. The molecule has 2 N–H and O–H groups in total. The van der Waals surface area contributed by atoms with Crippen molar-refractivity contribution in [2.24, 2.45) is 0 Å². The molecule has 0 unspecified atom stereocenters. The summed E-state index contributed by atoms with van der Waals surface area (Å²) in [6.07, 6.45) is 0. The minimum atomic E-state index is -0.199. The van der Waals surface area contributed by atoms with E-state index in [1.807, 2.05) is 73.7 Å². The Bertz CT molecular complexity index is 990. The third-order valence-corrected chi connectivity index (χ3v) is 5.03. The number of anilines is 1. The Labute approximate surface area is 185 Å². The number of methoxy groups -OCH3 is 1. The number of halogens is 1. The van der Waals surface area contributed by atoms with E-state index in [0.29, 0.717) is 18.8 Å². The van der Waals surface area contributed by atoms with Crippen LogP contribution in [-0.4, -0.2) is 19.6 Å². The molecule has 156 valence electrons. The van der Waals surface area contributed by atoms with E-state index in [9.17, 15) is 4.79 Å². The predicted molar refractivity (Wildman–Crippen MR) is 123 cm³/mol. The molecule has 0 spiro atoms. The van der Waals surface area contributed by atoms with Crippen molar-refractivity contribution in [3.8, 4) is 11.5 Å². The van der Waals surface area contributed by atoms with Crippen LogP contribution in [0.5, 0.6) is 11.5 Å². The normalized spacial score (nSPS) is 10.5. The molecule has 0 aromatic heterocycles. The molecule has 0 aliphatic carbocycles. The van der Waals surface area contributed by atoms with Crippen molar-refractivity contribution in [2.75, 3.05) is 19.0 Å². The van der Waals surface area contributed by atoms with Gasteiger partial charge in [-0.2, -0.15) is 0 Å². The molecule has 3 rings (SSSR count). The first-order valence-electron chi connectivity index (χ1n) is 9.65. The van der Waals surface area contributed by atoms with Gasteiger partial charge in [0.1, 0.15) is 11.5 Å². The second kappa shape index (κ2) is 10.8. The molecule has 0 saturated carbocycles. The standard InChI is InChI=1S/C24H25BrN2O3/c1-17-7-10-21(11-8-17)27-24(28)16-30-23-12-9-20(25)13-19(23)15-26-14-18-5-3-4-6-22(18)29-2/h3-13,26H,14-16H2,1-2H3,(H,27,28). The van der Waals surface area contributed by atoms with Gasteiger partial charge in [0.05, 0.1) is 7.11 Å². The number of para-hydroxylation sites is 1. The maximum absolute atomic E-state index is 12.2. The average molecular weight is 469 g/mol. The highest BCUT2D eigenvalue weighted by Gasteiger charge is 2.09. The van der Waals surface area contributed by atoms with Gasteiger partial charge in [-0.1, -0.05) is 51.8 Å². The molecule has 5 nitrogen and oxygen atoms in total. The fraction of sp³-hybridized carbons (Fsp3) is 0.208. The van der Waals surface area contributed by atoms with Crippen LogP contribution in [0.4, 0.5) is 5.69 Å². The average Bonchev–Trinajstić information content (AvgIpc) is 2.75. The van der Waals surface area contributed by atoms with Gasteiger partial charge in [0.15, 0.2) is 6.61 Å². The van der Waals surface area contributed by atoms with Crippen molar-refractivity contribution >= 4 is 27.5 Å². The summed E-state index contributed by atoms with van der Waals surface area (Å²) in [7, 11) is 1.67. The van der Waals surface area contributed by atoms with E-state index in [1.54, 1.807) is 7.11 Å². The van der Waals surface area contributed by atoms with E-state index in [-0.39, 0.29) is 12.5 Å². The fourth-order valence-corrected chi connectivity index (χ4v) is 3.39. The SMILES string of the molecule is COc1ccccc1CNCc1cc(Br)ccc1OCC(=O)Nc1ccc(C)cc1. The Morgan fingerprint density at radius 1 is 0.933 bits per heavy atom. The lowest BCUT2D eigenvalue weighted by atomic mass is 10.1. The summed E-state index contributed by atoms with van der Waals surface area (Å²) in [6, 6.07) is 21.3. The Balaban J connectivity index is 1.57. The van der Waals surface area contributed by atoms with Crippen LogP contribution in [0.25, 0.3) is 0 Å². The van der Waals surface area contributed by atoms with Crippen molar-refractivity contribution in [3.63, 3.8) is 0 Å². The van der Waals surface area contributed by atoms with E-state index < -0.39 is 0 Å². The zero-order valence-electron chi connectivity index (χ0n) is 17.1. The molecule has 0 atom stereocenters. The molecule has 0 aliphatic rings. The van der Waals surface area contributed by atoms with Gasteiger partial charge in [-0.15, -0.1) is 0 Å². The monoisotopic (exact) mass is 468 g/mol. The van der Waals surface area contributed by atoms with Gasteiger partial charge in [-0.25, -0.2) is 0 Å². The summed E-state index contributed by atoms with van der Waals surface area (Å²) in [6.45, 7) is 3.19. The molecule has 0 fully saturated rings. The molecular formula is C24H25BrN2O3. The number of hydrogen-bond acceptors (Lipinski definition) is 4. The molecule has 6 heteroatoms. The summed E-state index contributed by atoms with van der Waals surface area (Å²) in [4.78, 5) is 12.2. The first kappa shape index (κ1) is 21.9. The molecule has 3 aromatic carbocycles. The van der Waals surface area contributed by atoms with Gasteiger partial charge < -0.3 is 20.1 Å². The van der Waals surface area contributed by atoms with Gasteiger partial charge >= 0.3 is 0 Å². The number of amides is 1. The van der Waals surface area contributed by atoms with Crippen LogP contribution in [-0.2, 0) is 17.9 Å². The van der Waals surface area contributed by atoms with Gasteiger partial charge in [0.25, 0.3) is 5.91 Å². The molecule has 0 saturated heterocycles. The van der Waals surface area contributed by atoms with Crippen molar-refractivity contribution in [3.05, 3.63) is 87.9 Å². The Hall–Kier alpha value is -2.83. The third kappa shape index (κ3) is 6.34. The minimum Gasteiger partial charge on any atom is -0.496 e. The van der Waals surface area contributed by atoms with E-state index >= 15 is 0 Å². The summed E-state index contributed by atoms with van der Waals surface area (Å²) in [5, 5.41) is 6.26. The molecule has 1 amide bonds. The third-order valence-electron chi connectivity index (χ3n) is 4.54. The highest BCUT2D eigenvalue weighted by molar-refractivity contribution is 9.10. The van der Waals surface area contributed by atoms with E-state index in [1.165, 1.54) is 0 Å². The molecule has 0 radical (unpaired) electrons. The highest BCUT2D eigenvalue weighted by Crippen LogP contribution is 2.24. The molecule has 30 heavy (non-hydrogen) atoms. The predicted octanol–water partition coefficient (Wildman–Crippen LogP) is 5.07. The largest absolute Gasteiger partial charge is 0.496 e. The summed E-state index contributed by atoms with van der Waals surface area (Å²) in [5.74, 6) is 1.32. The number of aryl methyl sites for hydroxylation is 1. The van der Waals surface area contributed by atoms with Gasteiger partial charge in [-0.3, -0.25) is 4.79 Å². The van der Waals surface area contributed by atoms with Crippen LogP contribution >= 0.6 is 15.9 Å². The van der Waals surface area contributed by atoms with Crippen LogP contribution in [0.2, 0.25) is 0 Å². The number of carbonyl (C=O) groups is 1. The Morgan fingerprint density at radius 3 is 2.43 bits per heavy atom. The lowest BCUT2D eigenvalue weighted by Gasteiger charge is -2.14. The zero-order valence-corrected chi connectivity index (χ0v) is 18.7. The number of nitrogens with one attached hydrogen (secondary N) is 2. The summed E-state index contributed by atoms with van der Waals surface area (Å²) in [5.41, 5.74) is 3.94.